The van der Waals surface area contributed by atoms with E-state index in [0.717, 1.165) is 39.3 Å². The van der Waals surface area contributed by atoms with Crippen molar-refractivity contribution in [2.45, 2.75) is 19.8 Å². The number of hydrogen-bond acceptors (Lipinski definition) is 5. The minimum absolute atomic E-state index is 0.489. The zero-order chi connectivity index (χ0) is 20.7. The Bertz CT molecular complexity index is 1280. The van der Waals surface area contributed by atoms with E-state index in [1.165, 1.54) is 0 Å². The van der Waals surface area contributed by atoms with Gasteiger partial charge in [0.15, 0.2) is 0 Å². The molecular weight excluding hydrogens is 419 g/mol. The van der Waals surface area contributed by atoms with Gasteiger partial charge in [-0.3, -0.25) is 9.98 Å². The molecule has 0 unspecified atom stereocenters. The first-order valence-electron chi connectivity index (χ1n) is 9.46. The van der Waals surface area contributed by atoms with E-state index >= 15 is 0 Å². The van der Waals surface area contributed by atoms with Gasteiger partial charge in [0.2, 0.25) is 11.8 Å². The lowest BCUT2D eigenvalue weighted by Gasteiger charge is -2.05. The Morgan fingerprint density at radius 2 is 1.83 bits per heavy atom. The Morgan fingerprint density at radius 1 is 1.00 bits per heavy atom. The van der Waals surface area contributed by atoms with Gasteiger partial charge in [0.05, 0.1) is 27.9 Å². The van der Waals surface area contributed by atoms with Crippen molar-refractivity contribution < 1.29 is 4.42 Å². The Labute approximate surface area is 183 Å². The molecule has 1 aliphatic heterocycles. The molecule has 0 bridgehead atoms. The Kier molecular flexibility index (Phi) is 4.85. The summed E-state index contributed by atoms with van der Waals surface area (Å²) >= 11 is 12.7. The fraction of sp³-hybridized carbons (Fsp3) is 0.130. The number of aromatic nitrogens is 3. The summed E-state index contributed by atoms with van der Waals surface area (Å²) in [7, 11) is 0. The predicted octanol–water partition coefficient (Wildman–Crippen LogP) is 6.01. The Morgan fingerprint density at radius 3 is 2.63 bits per heavy atom. The maximum Gasteiger partial charge on any atom is 0.247 e. The molecule has 5 rings (SSSR count). The highest BCUT2D eigenvalue weighted by Gasteiger charge is 2.21. The van der Waals surface area contributed by atoms with Crippen molar-refractivity contribution in [3.05, 3.63) is 93.0 Å². The average Bonchev–Trinajstić information content (AvgIpc) is 3.34. The van der Waals surface area contributed by atoms with Gasteiger partial charge in [0.25, 0.3) is 0 Å². The molecule has 0 N–H and O–H groups in total. The van der Waals surface area contributed by atoms with Crippen LogP contribution >= 0.6 is 23.2 Å². The zero-order valence-electron chi connectivity index (χ0n) is 16.1. The van der Waals surface area contributed by atoms with Gasteiger partial charge in [-0.1, -0.05) is 29.3 Å². The summed E-state index contributed by atoms with van der Waals surface area (Å²) in [6, 6.07) is 15.4. The van der Waals surface area contributed by atoms with Crippen LogP contribution in [0.2, 0.25) is 10.0 Å². The smallest absolute Gasteiger partial charge is 0.247 e. The number of fused-ring (bicyclic) bond motifs is 1. The van der Waals surface area contributed by atoms with E-state index in [2.05, 4.69) is 15.2 Å². The van der Waals surface area contributed by atoms with Crippen LogP contribution in [0, 0.1) is 6.92 Å². The lowest BCUT2D eigenvalue weighted by Crippen LogP contribution is -2.02. The second kappa shape index (κ2) is 7.67. The molecule has 0 spiro atoms. The highest BCUT2D eigenvalue weighted by molar-refractivity contribution is 6.40. The second-order valence-corrected chi connectivity index (χ2v) is 7.97. The van der Waals surface area contributed by atoms with Gasteiger partial charge in [-0.2, -0.15) is 0 Å². The van der Waals surface area contributed by atoms with Crippen LogP contribution in [-0.4, -0.2) is 20.9 Å². The SMILES string of the molecule is Cc1cc(Cc2nnc(-c3ccc4c(c3)CC(c3c(Cl)cccc3Cl)=N4)o2)ccn1. The summed E-state index contributed by atoms with van der Waals surface area (Å²) in [6.07, 6.45) is 2.99. The normalized spacial score (nSPS) is 12.7. The van der Waals surface area contributed by atoms with Crippen molar-refractivity contribution in [1.29, 1.82) is 0 Å². The first-order chi connectivity index (χ1) is 14.6. The minimum atomic E-state index is 0.489. The van der Waals surface area contributed by atoms with Crippen molar-refractivity contribution in [3.63, 3.8) is 0 Å². The quantitative estimate of drug-likeness (QED) is 0.394. The Balaban J connectivity index is 1.39. The van der Waals surface area contributed by atoms with E-state index in [1.807, 2.05) is 55.5 Å². The molecule has 0 saturated carbocycles. The number of halogens is 2. The summed E-state index contributed by atoms with van der Waals surface area (Å²) in [6.45, 7) is 1.96. The van der Waals surface area contributed by atoms with E-state index in [0.29, 0.717) is 34.7 Å². The predicted molar refractivity (Wildman–Crippen MR) is 118 cm³/mol. The van der Waals surface area contributed by atoms with Crippen LogP contribution in [0.5, 0.6) is 0 Å². The molecule has 0 radical (unpaired) electrons. The lowest BCUT2D eigenvalue weighted by molar-refractivity contribution is 0.518. The molecule has 2 aromatic carbocycles. The number of pyridine rings is 1. The minimum Gasteiger partial charge on any atom is -0.420 e. The lowest BCUT2D eigenvalue weighted by atomic mass is 10.0. The van der Waals surface area contributed by atoms with Crippen LogP contribution in [0.25, 0.3) is 11.5 Å². The Hall–Kier alpha value is -3.02. The average molecular weight is 435 g/mol. The number of aryl methyl sites for hydroxylation is 1. The zero-order valence-corrected chi connectivity index (χ0v) is 17.6. The van der Waals surface area contributed by atoms with Gasteiger partial charge in [-0.25, -0.2) is 0 Å². The van der Waals surface area contributed by atoms with Gasteiger partial charge in [-0.05, 0) is 60.5 Å². The molecule has 0 aliphatic carbocycles. The summed E-state index contributed by atoms with van der Waals surface area (Å²) in [4.78, 5) is 8.94. The molecule has 0 saturated heterocycles. The number of hydrogen-bond donors (Lipinski definition) is 0. The van der Waals surface area contributed by atoms with E-state index < -0.39 is 0 Å². The number of nitrogens with zero attached hydrogens (tertiary/aromatic N) is 4. The highest BCUT2D eigenvalue weighted by atomic mass is 35.5. The van der Waals surface area contributed by atoms with Crippen molar-refractivity contribution in [1.82, 2.24) is 15.2 Å². The molecule has 30 heavy (non-hydrogen) atoms. The van der Waals surface area contributed by atoms with Crippen LogP contribution in [0.15, 0.2) is 64.1 Å². The van der Waals surface area contributed by atoms with Crippen LogP contribution in [0.3, 0.4) is 0 Å². The molecular formula is C23H16Cl2N4O. The fourth-order valence-corrected chi connectivity index (χ4v) is 4.20. The number of benzene rings is 2. The third-order valence-corrected chi connectivity index (χ3v) is 5.60. The molecule has 2 aromatic heterocycles. The molecule has 0 atom stereocenters. The van der Waals surface area contributed by atoms with E-state index in [4.69, 9.17) is 32.6 Å². The van der Waals surface area contributed by atoms with Crippen molar-refractivity contribution >= 4 is 34.6 Å². The molecule has 0 fully saturated rings. The van der Waals surface area contributed by atoms with Gasteiger partial charge >= 0.3 is 0 Å². The molecule has 7 heteroatoms. The fourth-order valence-electron chi connectivity index (χ4n) is 3.58. The molecule has 148 valence electrons. The van der Waals surface area contributed by atoms with Crippen LogP contribution in [0.4, 0.5) is 5.69 Å². The summed E-state index contributed by atoms with van der Waals surface area (Å²) in [5.74, 6) is 1.05. The summed E-state index contributed by atoms with van der Waals surface area (Å²) < 4.78 is 5.90. The largest absolute Gasteiger partial charge is 0.420 e. The first kappa shape index (κ1) is 19.0. The molecule has 5 nitrogen and oxygen atoms in total. The third-order valence-electron chi connectivity index (χ3n) is 4.97. The molecule has 4 aromatic rings. The van der Waals surface area contributed by atoms with Gasteiger partial charge < -0.3 is 4.42 Å². The monoisotopic (exact) mass is 434 g/mol. The van der Waals surface area contributed by atoms with Crippen LogP contribution in [-0.2, 0) is 12.8 Å². The van der Waals surface area contributed by atoms with E-state index in [-0.39, 0.29) is 0 Å². The van der Waals surface area contributed by atoms with Gasteiger partial charge in [0.1, 0.15) is 0 Å². The second-order valence-electron chi connectivity index (χ2n) is 7.16. The van der Waals surface area contributed by atoms with Crippen LogP contribution < -0.4 is 0 Å². The molecule has 3 heterocycles. The van der Waals surface area contributed by atoms with Gasteiger partial charge in [0, 0.05) is 29.4 Å². The summed E-state index contributed by atoms with van der Waals surface area (Å²) in [5.41, 5.74) is 6.52. The molecule has 0 amide bonds. The maximum atomic E-state index is 6.36. The van der Waals surface area contributed by atoms with Crippen molar-refractivity contribution in [3.8, 4) is 11.5 Å². The topological polar surface area (TPSA) is 64.2 Å². The number of aliphatic imine (C=N–C) groups is 1. The van der Waals surface area contributed by atoms with Crippen molar-refractivity contribution in [2.75, 3.05) is 0 Å². The third kappa shape index (κ3) is 3.62. The maximum absolute atomic E-state index is 6.36. The molecule has 1 aliphatic rings. The van der Waals surface area contributed by atoms with Crippen LogP contribution in [0.1, 0.15) is 28.3 Å². The standard InChI is InChI=1S/C23H16Cl2N4O/c1-13-9-14(7-8-26-13)10-21-28-29-23(30-21)15-5-6-19-16(11-15)12-20(27-19)22-17(24)3-2-4-18(22)25/h2-9,11H,10,12H2,1H3. The highest BCUT2D eigenvalue weighted by Crippen LogP contribution is 2.36. The van der Waals surface area contributed by atoms with Crippen molar-refractivity contribution in [2.24, 2.45) is 4.99 Å². The van der Waals surface area contributed by atoms with E-state index in [9.17, 15) is 0 Å². The number of rotatable bonds is 4. The first-order valence-corrected chi connectivity index (χ1v) is 10.2. The summed E-state index contributed by atoms with van der Waals surface area (Å²) in [5, 5.41) is 9.62. The van der Waals surface area contributed by atoms with Gasteiger partial charge in [-0.15, -0.1) is 10.2 Å². The van der Waals surface area contributed by atoms with E-state index in [1.54, 1.807) is 6.20 Å².